The van der Waals surface area contributed by atoms with Crippen molar-refractivity contribution in [2.45, 2.75) is 26.3 Å². The van der Waals surface area contributed by atoms with Gasteiger partial charge in [-0.2, -0.15) is 4.98 Å². The minimum Gasteiger partial charge on any atom is -0.394 e. The SMILES string of the molecule is CCNc1nc(NC(C)(CO)CO)c2cc(C)sc2n1. The van der Waals surface area contributed by atoms with Crippen LogP contribution in [-0.2, 0) is 0 Å². The summed E-state index contributed by atoms with van der Waals surface area (Å²) in [6, 6.07) is 2.01. The van der Waals surface area contributed by atoms with Crippen LogP contribution in [0.1, 0.15) is 18.7 Å². The zero-order valence-corrected chi connectivity index (χ0v) is 12.7. The number of aryl methyl sites for hydroxylation is 1. The Bertz CT molecular complexity index is 595. The fraction of sp³-hybridized carbons (Fsp3) is 0.538. The summed E-state index contributed by atoms with van der Waals surface area (Å²) in [6.07, 6.45) is 0. The van der Waals surface area contributed by atoms with Crippen molar-refractivity contribution in [3.8, 4) is 0 Å². The van der Waals surface area contributed by atoms with Crippen molar-refractivity contribution in [1.82, 2.24) is 9.97 Å². The summed E-state index contributed by atoms with van der Waals surface area (Å²) < 4.78 is 0. The lowest BCUT2D eigenvalue weighted by Gasteiger charge is -2.27. The summed E-state index contributed by atoms with van der Waals surface area (Å²) in [4.78, 5) is 10.9. The van der Waals surface area contributed by atoms with E-state index in [1.807, 2.05) is 19.9 Å². The molecule has 0 fully saturated rings. The Morgan fingerprint density at radius 1 is 1.30 bits per heavy atom. The highest BCUT2D eigenvalue weighted by atomic mass is 32.1. The number of rotatable bonds is 6. The van der Waals surface area contributed by atoms with Crippen LogP contribution >= 0.6 is 11.3 Å². The highest BCUT2D eigenvalue weighted by Crippen LogP contribution is 2.31. The third-order valence-corrected chi connectivity index (χ3v) is 3.91. The van der Waals surface area contributed by atoms with Gasteiger partial charge in [0.2, 0.25) is 5.95 Å². The molecule has 4 N–H and O–H groups in total. The van der Waals surface area contributed by atoms with E-state index in [1.54, 1.807) is 18.3 Å². The van der Waals surface area contributed by atoms with Crippen LogP contribution in [0.25, 0.3) is 10.2 Å². The zero-order valence-electron chi connectivity index (χ0n) is 11.9. The molecule has 0 saturated carbocycles. The van der Waals surface area contributed by atoms with Crippen LogP contribution in [0.2, 0.25) is 0 Å². The lowest BCUT2D eigenvalue weighted by Crippen LogP contribution is -2.42. The summed E-state index contributed by atoms with van der Waals surface area (Å²) in [5, 5.41) is 26.0. The van der Waals surface area contributed by atoms with Gasteiger partial charge in [0, 0.05) is 11.4 Å². The Balaban J connectivity index is 2.48. The molecule has 0 aliphatic rings. The van der Waals surface area contributed by atoms with E-state index in [1.165, 1.54) is 0 Å². The maximum absolute atomic E-state index is 9.42. The number of nitrogens with one attached hydrogen (secondary N) is 2. The van der Waals surface area contributed by atoms with Crippen molar-refractivity contribution in [3.05, 3.63) is 10.9 Å². The quantitative estimate of drug-likeness (QED) is 0.647. The van der Waals surface area contributed by atoms with Gasteiger partial charge < -0.3 is 20.8 Å². The Morgan fingerprint density at radius 2 is 2.00 bits per heavy atom. The first-order valence-electron chi connectivity index (χ1n) is 6.53. The number of fused-ring (bicyclic) bond motifs is 1. The third kappa shape index (κ3) is 3.00. The Hall–Kier alpha value is -1.44. The van der Waals surface area contributed by atoms with Gasteiger partial charge in [-0.1, -0.05) is 0 Å². The van der Waals surface area contributed by atoms with Gasteiger partial charge >= 0.3 is 0 Å². The van der Waals surface area contributed by atoms with Crippen molar-refractivity contribution in [1.29, 1.82) is 0 Å². The molecule has 2 rings (SSSR count). The molecule has 2 heterocycles. The second-order valence-corrected chi connectivity index (χ2v) is 6.24. The Morgan fingerprint density at radius 3 is 2.60 bits per heavy atom. The number of aliphatic hydroxyl groups excluding tert-OH is 2. The average molecular weight is 296 g/mol. The van der Waals surface area contributed by atoms with Gasteiger partial charge in [0.05, 0.1) is 24.1 Å². The summed E-state index contributed by atoms with van der Waals surface area (Å²) >= 11 is 1.59. The number of aliphatic hydroxyl groups is 2. The summed E-state index contributed by atoms with van der Waals surface area (Å²) in [6.45, 7) is 6.09. The highest BCUT2D eigenvalue weighted by molar-refractivity contribution is 7.18. The lowest BCUT2D eigenvalue weighted by molar-refractivity contribution is 0.147. The average Bonchev–Trinajstić information content (AvgIpc) is 2.80. The van der Waals surface area contributed by atoms with Crippen LogP contribution in [0.5, 0.6) is 0 Å². The van der Waals surface area contributed by atoms with Gasteiger partial charge in [0.15, 0.2) is 0 Å². The van der Waals surface area contributed by atoms with Gasteiger partial charge in [-0.05, 0) is 26.8 Å². The minimum absolute atomic E-state index is 0.186. The standard InChI is InChI=1S/C13H20N4O2S/c1-4-14-12-15-10(17-13(3,6-18)7-19)9-5-8(2)20-11(9)16-12/h5,18-19H,4,6-7H2,1-3H3,(H2,14,15,16,17). The van der Waals surface area contributed by atoms with Crippen LogP contribution < -0.4 is 10.6 Å². The number of hydrogen-bond donors (Lipinski definition) is 4. The maximum Gasteiger partial charge on any atom is 0.226 e. The molecule has 0 aliphatic heterocycles. The van der Waals surface area contributed by atoms with Gasteiger partial charge in [-0.15, -0.1) is 11.3 Å². The fourth-order valence-corrected chi connectivity index (χ4v) is 2.67. The number of hydrogen-bond acceptors (Lipinski definition) is 7. The topological polar surface area (TPSA) is 90.3 Å². The van der Waals surface area contributed by atoms with E-state index in [0.717, 1.165) is 21.6 Å². The molecular formula is C13H20N4O2S. The highest BCUT2D eigenvalue weighted by Gasteiger charge is 2.24. The molecular weight excluding hydrogens is 276 g/mol. The van der Waals surface area contributed by atoms with E-state index in [0.29, 0.717) is 11.8 Å². The Labute approximate surface area is 121 Å². The van der Waals surface area contributed by atoms with E-state index in [-0.39, 0.29) is 13.2 Å². The van der Waals surface area contributed by atoms with Crippen molar-refractivity contribution >= 4 is 33.3 Å². The first-order chi connectivity index (χ1) is 9.51. The number of aromatic nitrogens is 2. The first-order valence-corrected chi connectivity index (χ1v) is 7.35. The van der Waals surface area contributed by atoms with E-state index < -0.39 is 5.54 Å². The monoisotopic (exact) mass is 296 g/mol. The third-order valence-electron chi connectivity index (χ3n) is 2.97. The molecule has 0 aliphatic carbocycles. The molecule has 2 aromatic rings. The summed E-state index contributed by atoms with van der Waals surface area (Å²) in [5.74, 6) is 1.17. The van der Waals surface area contributed by atoms with E-state index in [9.17, 15) is 10.2 Å². The lowest BCUT2D eigenvalue weighted by atomic mass is 10.1. The smallest absolute Gasteiger partial charge is 0.226 e. The first kappa shape index (κ1) is 15.0. The molecule has 0 aromatic carbocycles. The van der Waals surface area contributed by atoms with Crippen molar-refractivity contribution in [2.75, 3.05) is 30.4 Å². The molecule has 6 nitrogen and oxygen atoms in total. The van der Waals surface area contributed by atoms with E-state index in [2.05, 4.69) is 20.6 Å². The fourth-order valence-electron chi connectivity index (χ4n) is 1.79. The van der Waals surface area contributed by atoms with Crippen molar-refractivity contribution < 1.29 is 10.2 Å². The summed E-state index contributed by atoms with van der Waals surface area (Å²) in [7, 11) is 0. The largest absolute Gasteiger partial charge is 0.394 e. The molecule has 7 heteroatoms. The second kappa shape index (κ2) is 5.90. The maximum atomic E-state index is 9.42. The molecule has 0 bridgehead atoms. The van der Waals surface area contributed by atoms with Gasteiger partial charge in [0.1, 0.15) is 10.6 Å². The molecule has 0 saturated heterocycles. The van der Waals surface area contributed by atoms with Crippen LogP contribution in [0, 0.1) is 6.92 Å². The predicted octanol–water partition coefficient (Wildman–Crippen LogP) is 1.59. The second-order valence-electron chi connectivity index (χ2n) is 5.00. The van der Waals surface area contributed by atoms with Gasteiger partial charge in [-0.3, -0.25) is 0 Å². The predicted molar refractivity (Wildman–Crippen MR) is 82.5 cm³/mol. The van der Waals surface area contributed by atoms with E-state index >= 15 is 0 Å². The molecule has 2 aromatic heterocycles. The molecule has 0 unspecified atom stereocenters. The number of anilines is 2. The normalized spacial score (nSPS) is 11.8. The van der Waals surface area contributed by atoms with Crippen LogP contribution in [-0.4, -0.2) is 45.5 Å². The summed E-state index contributed by atoms with van der Waals surface area (Å²) in [5.41, 5.74) is -0.819. The molecule has 20 heavy (non-hydrogen) atoms. The number of thiophene rings is 1. The molecule has 0 amide bonds. The van der Waals surface area contributed by atoms with Crippen LogP contribution in [0.15, 0.2) is 6.07 Å². The zero-order chi connectivity index (χ0) is 14.8. The van der Waals surface area contributed by atoms with Gasteiger partial charge in [-0.25, -0.2) is 4.98 Å². The van der Waals surface area contributed by atoms with Crippen molar-refractivity contribution in [3.63, 3.8) is 0 Å². The molecule has 0 radical (unpaired) electrons. The minimum atomic E-state index is -0.819. The molecule has 0 spiro atoms. The Kier molecular flexibility index (Phi) is 4.42. The molecule has 0 atom stereocenters. The van der Waals surface area contributed by atoms with Gasteiger partial charge in [0.25, 0.3) is 0 Å². The van der Waals surface area contributed by atoms with E-state index in [4.69, 9.17) is 0 Å². The number of nitrogens with zero attached hydrogens (tertiary/aromatic N) is 2. The van der Waals surface area contributed by atoms with Crippen LogP contribution in [0.3, 0.4) is 0 Å². The van der Waals surface area contributed by atoms with Crippen LogP contribution in [0.4, 0.5) is 11.8 Å². The van der Waals surface area contributed by atoms with Crippen molar-refractivity contribution in [2.24, 2.45) is 0 Å². The molecule has 110 valence electrons.